The number of methoxy groups -OCH3 is 1. The first kappa shape index (κ1) is 22.2. The van der Waals surface area contributed by atoms with Crippen LogP contribution < -0.4 is 20.5 Å². The van der Waals surface area contributed by atoms with Gasteiger partial charge in [-0.15, -0.1) is 11.3 Å². The van der Waals surface area contributed by atoms with E-state index in [1.54, 1.807) is 62.1 Å². The molecule has 168 valence electrons. The fraction of sp³-hybridized carbons (Fsp3) is 0.174. The molecule has 4 heterocycles. The average Bonchev–Trinajstić information content (AvgIpc) is 3.15. The van der Waals surface area contributed by atoms with Gasteiger partial charge in [-0.1, -0.05) is 0 Å². The molecule has 0 aromatic carbocycles. The molecule has 3 aromatic rings. The molecule has 33 heavy (non-hydrogen) atoms. The number of nitrogens with zero attached hydrogens (tertiary/aromatic N) is 3. The summed E-state index contributed by atoms with van der Waals surface area (Å²) in [6, 6.07) is 6.84. The van der Waals surface area contributed by atoms with E-state index in [1.165, 1.54) is 11.7 Å². The van der Waals surface area contributed by atoms with Gasteiger partial charge in [-0.25, -0.2) is 9.59 Å². The van der Waals surface area contributed by atoms with Crippen LogP contribution in [0.2, 0.25) is 0 Å². The van der Waals surface area contributed by atoms with Gasteiger partial charge in [0.2, 0.25) is 0 Å². The van der Waals surface area contributed by atoms with E-state index in [2.05, 4.69) is 9.97 Å². The van der Waals surface area contributed by atoms with Crippen LogP contribution in [0.4, 0.5) is 0 Å². The van der Waals surface area contributed by atoms with E-state index in [0.717, 1.165) is 16.9 Å². The maximum absolute atomic E-state index is 13.3. The van der Waals surface area contributed by atoms with Gasteiger partial charge in [0.25, 0.3) is 5.56 Å². The quantitative estimate of drug-likeness (QED) is 0.536. The zero-order chi connectivity index (χ0) is 23.5. The first-order valence-corrected chi connectivity index (χ1v) is 10.8. The van der Waals surface area contributed by atoms with Crippen molar-refractivity contribution in [3.8, 4) is 0 Å². The smallest absolute Gasteiger partial charge is 0.338 e. The van der Waals surface area contributed by atoms with Crippen LogP contribution in [0, 0.1) is 0 Å². The lowest BCUT2D eigenvalue weighted by Gasteiger charge is -2.26. The van der Waals surface area contributed by atoms with Crippen molar-refractivity contribution in [1.82, 2.24) is 14.5 Å². The lowest BCUT2D eigenvalue weighted by atomic mass is 9.83. The molecule has 0 amide bonds. The molecule has 2 N–H and O–H groups in total. The first-order chi connectivity index (χ1) is 16.0. The van der Waals surface area contributed by atoms with Gasteiger partial charge in [0.1, 0.15) is 10.5 Å². The highest BCUT2D eigenvalue weighted by atomic mass is 32.1. The number of pyridine rings is 2. The maximum atomic E-state index is 13.3. The second kappa shape index (κ2) is 9.21. The molecular weight excluding hydrogens is 444 g/mol. The summed E-state index contributed by atoms with van der Waals surface area (Å²) in [4.78, 5) is 47.3. The van der Waals surface area contributed by atoms with Crippen molar-refractivity contribution in [2.24, 2.45) is 5.73 Å². The van der Waals surface area contributed by atoms with Crippen molar-refractivity contribution in [3.05, 3.63) is 85.3 Å². The molecule has 0 radical (unpaired) electrons. The van der Waals surface area contributed by atoms with Crippen molar-refractivity contribution < 1.29 is 19.1 Å². The Morgan fingerprint density at radius 1 is 1.09 bits per heavy atom. The fourth-order valence-corrected chi connectivity index (χ4v) is 4.83. The van der Waals surface area contributed by atoms with Crippen LogP contribution in [0.15, 0.2) is 59.4 Å². The third-order valence-electron chi connectivity index (χ3n) is 5.09. The molecule has 0 saturated carbocycles. The summed E-state index contributed by atoms with van der Waals surface area (Å²) in [5, 5.41) is 0. The molecule has 9 nitrogen and oxygen atoms in total. The topological polar surface area (TPSA) is 126 Å². The number of fused-ring (bicyclic) bond motifs is 1. The predicted molar refractivity (Wildman–Crippen MR) is 122 cm³/mol. The number of esters is 2. The second-order valence-corrected chi connectivity index (χ2v) is 8.01. The van der Waals surface area contributed by atoms with Gasteiger partial charge in [-0.05, 0) is 48.4 Å². The number of hydrogen-bond acceptors (Lipinski definition) is 9. The molecule has 1 atom stereocenters. The molecule has 0 saturated heterocycles. The largest absolute Gasteiger partial charge is 0.466 e. The van der Waals surface area contributed by atoms with Gasteiger partial charge in [0.05, 0.1) is 35.3 Å². The van der Waals surface area contributed by atoms with Crippen molar-refractivity contribution in [2.45, 2.75) is 12.8 Å². The van der Waals surface area contributed by atoms with Crippen LogP contribution in [-0.2, 0) is 19.1 Å². The summed E-state index contributed by atoms with van der Waals surface area (Å²) in [5.41, 5.74) is 7.40. The minimum atomic E-state index is -0.897. The minimum absolute atomic E-state index is 0.00805. The standard InChI is InChI=1S/C23H20N4O5S/c1-3-32-23(30)17-16(14-6-10-26-11-7-14)18(22(29)31-2)21-27(19(17)24)20(28)15(33-21)12-13-4-8-25-9-5-13/h4-12,16H,3,24H2,1-2H3/t16-/m0/s1. The molecule has 0 bridgehead atoms. The maximum Gasteiger partial charge on any atom is 0.338 e. The molecule has 4 rings (SSSR count). The van der Waals surface area contributed by atoms with E-state index < -0.39 is 23.4 Å². The van der Waals surface area contributed by atoms with Gasteiger partial charge in [-0.3, -0.25) is 19.3 Å². The molecule has 0 fully saturated rings. The third kappa shape index (κ3) is 3.96. The number of hydrogen-bond donors (Lipinski definition) is 1. The van der Waals surface area contributed by atoms with Crippen LogP contribution in [-0.4, -0.2) is 40.2 Å². The van der Waals surface area contributed by atoms with E-state index in [9.17, 15) is 14.4 Å². The average molecular weight is 465 g/mol. The molecule has 1 aliphatic rings. The summed E-state index contributed by atoms with van der Waals surface area (Å²) in [7, 11) is 1.24. The first-order valence-electron chi connectivity index (χ1n) is 10.0. The highest BCUT2D eigenvalue weighted by molar-refractivity contribution is 7.07. The lowest BCUT2D eigenvalue weighted by Crippen LogP contribution is -2.41. The normalized spacial score (nSPS) is 15.9. The van der Waals surface area contributed by atoms with Gasteiger partial charge in [0.15, 0.2) is 0 Å². The number of ether oxygens (including phenoxy) is 2. The van der Waals surface area contributed by atoms with Crippen LogP contribution in [0.5, 0.6) is 0 Å². The Bertz CT molecular complexity index is 1420. The molecule has 1 aliphatic heterocycles. The van der Waals surface area contributed by atoms with Crippen molar-refractivity contribution in [2.75, 3.05) is 13.7 Å². The summed E-state index contributed by atoms with van der Waals surface area (Å²) in [5.74, 6) is -2.39. The van der Waals surface area contributed by atoms with Crippen molar-refractivity contribution >= 4 is 40.7 Å². The monoisotopic (exact) mass is 464 g/mol. The molecule has 0 spiro atoms. The fourth-order valence-electron chi connectivity index (χ4n) is 3.66. The van der Waals surface area contributed by atoms with Gasteiger partial charge in [0, 0.05) is 24.8 Å². The SMILES string of the molecule is CCOC(=O)C1=C(N)n2c(sc(=Cc3ccncc3)c2=O)=C(C(=O)OC)[C@H]1c1ccncc1. The van der Waals surface area contributed by atoms with E-state index >= 15 is 0 Å². The van der Waals surface area contributed by atoms with Gasteiger partial charge in [-0.2, -0.15) is 0 Å². The van der Waals surface area contributed by atoms with Crippen molar-refractivity contribution in [3.63, 3.8) is 0 Å². The number of nitrogens with two attached hydrogens (primary N) is 1. The Hall–Kier alpha value is -4.05. The Balaban J connectivity index is 2.12. The summed E-state index contributed by atoms with van der Waals surface area (Å²) >= 11 is 1.09. The molecule has 0 aliphatic carbocycles. The van der Waals surface area contributed by atoms with E-state index in [0.29, 0.717) is 14.8 Å². The molecule has 0 unspecified atom stereocenters. The zero-order valence-corrected chi connectivity index (χ0v) is 18.7. The van der Waals surface area contributed by atoms with Crippen LogP contribution >= 0.6 is 11.3 Å². The van der Waals surface area contributed by atoms with Crippen molar-refractivity contribution in [1.29, 1.82) is 0 Å². The van der Waals surface area contributed by atoms with Crippen LogP contribution in [0.25, 0.3) is 17.5 Å². The van der Waals surface area contributed by atoms with Crippen LogP contribution in [0.3, 0.4) is 0 Å². The number of rotatable bonds is 5. The van der Waals surface area contributed by atoms with Crippen LogP contribution in [0.1, 0.15) is 24.0 Å². The number of carbonyl (C=O) groups excluding carboxylic acids is 2. The lowest BCUT2D eigenvalue weighted by molar-refractivity contribution is -0.138. The third-order valence-corrected chi connectivity index (χ3v) is 6.20. The van der Waals surface area contributed by atoms with Gasteiger partial charge >= 0.3 is 11.9 Å². The molecule has 3 aromatic heterocycles. The summed E-state index contributed by atoms with van der Waals surface area (Å²) in [6.07, 6.45) is 7.97. The second-order valence-electron chi connectivity index (χ2n) is 6.98. The summed E-state index contributed by atoms with van der Waals surface area (Å²) < 4.78 is 12.1. The number of aromatic nitrogens is 3. The van der Waals surface area contributed by atoms with Gasteiger partial charge < -0.3 is 15.2 Å². The Morgan fingerprint density at radius 3 is 2.33 bits per heavy atom. The van der Waals surface area contributed by atoms with E-state index in [-0.39, 0.29) is 23.6 Å². The minimum Gasteiger partial charge on any atom is -0.466 e. The number of thiazole rings is 1. The van der Waals surface area contributed by atoms with E-state index in [4.69, 9.17) is 15.2 Å². The van der Waals surface area contributed by atoms with E-state index in [1.807, 2.05) is 0 Å². The zero-order valence-electron chi connectivity index (χ0n) is 17.8. The predicted octanol–water partition coefficient (Wildman–Crippen LogP) is 0.340. The Labute approximate surface area is 192 Å². The molecular formula is C23H20N4O5S. The highest BCUT2D eigenvalue weighted by Crippen LogP contribution is 2.37. The number of carbonyl (C=O) groups is 2. The Kier molecular flexibility index (Phi) is 6.18. The summed E-state index contributed by atoms with van der Waals surface area (Å²) in [6.45, 7) is 1.76. The Morgan fingerprint density at radius 2 is 1.73 bits per heavy atom. The highest BCUT2D eigenvalue weighted by Gasteiger charge is 2.39. The molecule has 10 heteroatoms.